The molecule has 1 unspecified atom stereocenters. The molecule has 5 nitrogen and oxygen atoms in total. The molecule has 0 saturated heterocycles. The summed E-state index contributed by atoms with van der Waals surface area (Å²) in [7, 11) is 0. The van der Waals surface area contributed by atoms with Gasteiger partial charge in [0.15, 0.2) is 0 Å². The van der Waals surface area contributed by atoms with Crippen LogP contribution in [0, 0.1) is 5.82 Å². The summed E-state index contributed by atoms with van der Waals surface area (Å²) in [6, 6.07) is 17.2. The van der Waals surface area contributed by atoms with Crippen LogP contribution in [0.3, 0.4) is 0 Å². The maximum atomic E-state index is 13.4. The lowest BCUT2D eigenvalue weighted by Crippen LogP contribution is -2.26. The minimum Gasteiger partial charge on any atom is -0.488 e. The predicted octanol–water partition coefficient (Wildman–Crippen LogP) is 5.41. The summed E-state index contributed by atoms with van der Waals surface area (Å²) in [5, 5.41) is 9.31. The van der Waals surface area contributed by atoms with Crippen LogP contribution in [0.25, 0.3) is 5.57 Å². The van der Waals surface area contributed by atoms with Crippen LogP contribution >= 0.6 is 27.3 Å². The fourth-order valence-corrected chi connectivity index (χ4v) is 4.18. The molecule has 0 bridgehead atoms. The molecule has 0 saturated carbocycles. The monoisotopic (exact) mass is 499 g/mol. The van der Waals surface area contributed by atoms with E-state index in [1.54, 1.807) is 12.1 Å². The molecule has 3 aromatic rings. The van der Waals surface area contributed by atoms with Crippen molar-refractivity contribution < 1.29 is 13.9 Å². The van der Waals surface area contributed by atoms with Crippen LogP contribution < -0.4 is 10.7 Å². The number of nitrogens with zero attached hydrogens (tertiary/aromatic N) is 1. The van der Waals surface area contributed by atoms with E-state index in [9.17, 15) is 9.18 Å². The topological polar surface area (TPSA) is 62.7 Å². The van der Waals surface area contributed by atoms with Crippen molar-refractivity contribution in [3.05, 3.63) is 92.5 Å². The lowest BCUT2D eigenvalue weighted by molar-refractivity contribution is -0.115. The zero-order chi connectivity index (χ0) is 21.8. The van der Waals surface area contributed by atoms with Crippen LogP contribution in [-0.2, 0) is 9.53 Å². The van der Waals surface area contributed by atoms with E-state index in [4.69, 9.17) is 4.74 Å². The Labute approximate surface area is 191 Å². The van der Waals surface area contributed by atoms with Gasteiger partial charge in [0.05, 0.1) is 17.3 Å². The molecule has 2 aromatic carbocycles. The third-order valence-corrected chi connectivity index (χ3v) is 6.10. The van der Waals surface area contributed by atoms with E-state index in [0.717, 1.165) is 15.0 Å². The molecule has 1 amide bonds. The van der Waals surface area contributed by atoms with Gasteiger partial charge in [-0.25, -0.2) is 4.39 Å². The Balaban J connectivity index is 1.61. The minimum absolute atomic E-state index is 0.110. The predicted molar refractivity (Wildman–Crippen MR) is 125 cm³/mol. The molecule has 0 radical (unpaired) electrons. The van der Waals surface area contributed by atoms with E-state index in [1.165, 1.54) is 23.5 Å². The van der Waals surface area contributed by atoms with Gasteiger partial charge in [0.1, 0.15) is 23.9 Å². The highest BCUT2D eigenvalue weighted by Crippen LogP contribution is 2.30. The average Bonchev–Trinajstić information content (AvgIpc) is 3.37. The number of carbonyl (C=O) groups is 1. The third kappa shape index (κ3) is 5.03. The van der Waals surface area contributed by atoms with Crippen LogP contribution in [0.1, 0.15) is 17.4 Å². The first-order valence-electron chi connectivity index (χ1n) is 9.57. The quantitative estimate of drug-likeness (QED) is 0.337. The zero-order valence-electron chi connectivity index (χ0n) is 16.6. The fraction of sp³-hybridized carbons (Fsp3) is 0.130. The molecule has 1 aliphatic heterocycles. The van der Waals surface area contributed by atoms with E-state index < -0.39 is 0 Å². The Morgan fingerprint density at radius 2 is 1.94 bits per heavy atom. The molecule has 4 rings (SSSR count). The molecule has 31 heavy (non-hydrogen) atoms. The van der Waals surface area contributed by atoms with Crippen molar-refractivity contribution in [3.63, 3.8) is 0 Å². The van der Waals surface area contributed by atoms with Gasteiger partial charge in [-0.1, -0.05) is 34.1 Å². The van der Waals surface area contributed by atoms with Crippen LogP contribution in [0.15, 0.2) is 81.4 Å². The number of amides is 1. The van der Waals surface area contributed by atoms with Gasteiger partial charge in [0.2, 0.25) is 0 Å². The van der Waals surface area contributed by atoms with Gasteiger partial charge in [-0.3, -0.25) is 10.2 Å². The first-order valence-corrected chi connectivity index (χ1v) is 11.2. The van der Waals surface area contributed by atoms with Crippen molar-refractivity contribution in [1.82, 2.24) is 5.32 Å². The van der Waals surface area contributed by atoms with Gasteiger partial charge in [-0.2, -0.15) is 5.10 Å². The molecular weight excluding hydrogens is 481 g/mol. The average molecular weight is 500 g/mol. The molecule has 0 aliphatic carbocycles. The third-order valence-electron chi connectivity index (χ3n) is 4.69. The van der Waals surface area contributed by atoms with Gasteiger partial charge in [-0.05, 0) is 54.8 Å². The summed E-state index contributed by atoms with van der Waals surface area (Å²) < 4.78 is 20.5. The summed E-state index contributed by atoms with van der Waals surface area (Å²) in [4.78, 5) is 13.3. The van der Waals surface area contributed by atoms with E-state index in [-0.39, 0.29) is 24.4 Å². The molecule has 1 atom stereocenters. The van der Waals surface area contributed by atoms with Gasteiger partial charge in [-0.15, -0.1) is 11.3 Å². The van der Waals surface area contributed by atoms with Gasteiger partial charge in [0.25, 0.3) is 5.91 Å². The molecule has 8 heteroatoms. The van der Waals surface area contributed by atoms with Crippen molar-refractivity contribution in [3.8, 4) is 0 Å². The van der Waals surface area contributed by atoms with Crippen molar-refractivity contribution >= 4 is 50.1 Å². The number of rotatable bonds is 7. The van der Waals surface area contributed by atoms with Gasteiger partial charge in [0, 0.05) is 14.9 Å². The molecular formula is C23H19BrFN3O2S. The Hall–Kier alpha value is -2.97. The first-order chi connectivity index (χ1) is 15.0. The zero-order valence-corrected chi connectivity index (χ0v) is 19.0. The van der Waals surface area contributed by atoms with Crippen molar-refractivity contribution in [2.45, 2.75) is 13.0 Å². The maximum absolute atomic E-state index is 13.4. The molecule has 0 fully saturated rings. The number of carbonyl (C=O) groups excluding carboxylic acids is 1. The van der Waals surface area contributed by atoms with E-state index in [2.05, 4.69) is 31.8 Å². The summed E-state index contributed by atoms with van der Waals surface area (Å²) in [6.07, 6.45) is 0. The number of benzene rings is 2. The molecule has 1 aliphatic rings. The highest BCUT2D eigenvalue weighted by Gasteiger charge is 2.32. The SMILES string of the molecule is CC1NC(=O)C(c2cccs2)=C1OCC(=NNc1ccc(Br)cc1)c1ccc(F)cc1. The number of hydrogen-bond donors (Lipinski definition) is 2. The van der Waals surface area contributed by atoms with Crippen LogP contribution in [0.4, 0.5) is 10.1 Å². The van der Waals surface area contributed by atoms with Gasteiger partial charge >= 0.3 is 0 Å². The summed E-state index contributed by atoms with van der Waals surface area (Å²) >= 11 is 4.89. The Bertz CT molecular complexity index is 1130. The minimum atomic E-state index is -0.327. The standard InChI is InChI=1S/C23H19BrFN3O2S/c1-14-22(21(23(29)26-14)20-3-2-12-31-20)30-13-19(15-4-8-17(25)9-5-15)28-27-18-10-6-16(24)7-11-18/h2-12,14,27H,13H2,1H3,(H,26,29). The molecule has 2 heterocycles. The van der Waals surface area contributed by atoms with Crippen LogP contribution in [0.2, 0.25) is 0 Å². The second-order valence-electron chi connectivity index (χ2n) is 6.88. The largest absolute Gasteiger partial charge is 0.488 e. The summed E-state index contributed by atoms with van der Waals surface area (Å²) in [6.45, 7) is 1.99. The number of ether oxygens (including phenoxy) is 1. The lowest BCUT2D eigenvalue weighted by atomic mass is 10.1. The molecule has 2 N–H and O–H groups in total. The van der Waals surface area contributed by atoms with E-state index in [0.29, 0.717) is 22.6 Å². The maximum Gasteiger partial charge on any atom is 0.256 e. The number of anilines is 1. The highest BCUT2D eigenvalue weighted by molar-refractivity contribution is 9.10. The summed E-state index contributed by atoms with van der Waals surface area (Å²) in [5.41, 5.74) is 5.65. The Morgan fingerprint density at radius 3 is 2.61 bits per heavy atom. The number of halogens is 2. The smallest absolute Gasteiger partial charge is 0.256 e. The number of hydrazone groups is 1. The second-order valence-corrected chi connectivity index (χ2v) is 8.75. The number of hydrogen-bond acceptors (Lipinski definition) is 5. The normalized spacial score (nSPS) is 16.4. The lowest BCUT2D eigenvalue weighted by Gasteiger charge is -2.14. The number of nitrogens with one attached hydrogen (secondary N) is 2. The summed E-state index contributed by atoms with van der Waals surface area (Å²) in [5.74, 6) is 0.0934. The molecule has 1 aromatic heterocycles. The fourth-order valence-electron chi connectivity index (χ4n) is 3.14. The number of thiophene rings is 1. The second kappa shape index (κ2) is 9.45. The highest BCUT2D eigenvalue weighted by atomic mass is 79.9. The molecule has 0 spiro atoms. The Morgan fingerprint density at radius 1 is 1.19 bits per heavy atom. The van der Waals surface area contributed by atoms with Crippen molar-refractivity contribution in [1.29, 1.82) is 0 Å². The van der Waals surface area contributed by atoms with E-state index in [1.807, 2.05) is 48.7 Å². The van der Waals surface area contributed by atoms with Gasteiger partial charge < -0.3 is 10.1 Å². The van der Waals surface area contributed by atoms with Crippen molar-refractivity contribution in [2.75, 3.05) is 12.0 Å². The Kier molecular flexibility index (Phi) is 6.48. The molecule has 158 valence electrons. The van der Waals surface area contributed by atoms with Crippen LogP contribution in [0.5, 0.6) is 0 Å². The van der Waals surface area contributed by atoms with Crippen molar-refractivity contribution in [2.24, 2.45) is 5.10 Å². The van der Waals surface area contributed by atoms with E-state index >= 15 is 0 Å². The van der Waals surface area contributed by atoms with Crippen LogP contribution in [-0.4, -0.2) is 24.3 Å². The first kappa shape index (κ1) is 21.3.